The molecule has 2 aromatic carbocycles. The summed E-state index contributed by atoms with van der Waals surface area (Å²) in [6.45, 7) is 2.78. The standard InChI is InChI=1S/C17H12N6O/c1-2-23-15-8-7-13(9-14(15)20-22-23)16-19-17(24-21-16)12-5-3-11(10-18)4-6-12/h3-9H,2H2,1H3. The fraction of sp³-hybridized carbons (Fsp3) is 0.118. The topological polar surface area (TPSA) is 93.4 Å². The van der Waals surface area contributed by atoms with E-state index in [-0.39, 0.29) is 0 Å². The van der Waals surface area contributed by atoms with E-state index in [0.29, 0.717) is 17.3 Å². The Morgan fingerprint density at radius 1 is 1.12 bits per heavy atom. The van der Waals surface area contributed by atoms with E-state index in [0.717, 1.165) is 28.7 Å². The van der Waals surface area contributed by atoms with Crippen LogP contribution in [-0.4, -0.2) is 25.1 Å². The second-order valence-corrected chi connectivity index (χ2v) is 5.22. The molecule has 0 fully saturated rings. The van der Waals surface area contributed by atoms with Crippen LogP contribution in [0.2, 0.25) is 0 Å². The zero-order valence-corrected chi connectivity index (χ0v) is 12.8. The number of aryl methyl sites for hydroxylation is 1. The number of aromatic nitrogens is 5. The monoisotopic (exact) mass is 316 g/mol. The molecule has 0 aliphatic heterocycles. The summed E-state index contributed by atoms with van der Waals surface area (Å²) in [4.78, 5) is 4.42. The van der Waals surface area contributed by atoms with Crippen molar-refractivity contribution in [2.24, 2.45) is 0 Å². The molecule has 7 heteroatoms. The highest BCUT2D eigenvalue weighted by molar-refractivity contribution is 5.80. The van der Waals surface area contributed by atoms with E-state index < -0.39 is 0 Å². The molecule has 0 N–H and O–H groups in total. The number of fused-ring (bicyclic) bond motifs is 1. The molecule has 0 spiro atoms. The van der Waals surface area contributed by atoms with Crippen molar-refractivity contribution < 1.29 is 4.52 Å². The van der Waals surface area contributed by atoms with E-state index in [1.165, 1.54) is 0 Å². The van der Waals surface area contributed by atoms with E-state index in [9.17, 15) is 0 Å². The van der Waals surface area contributed by atoms with Crippen LogP contribution >= 0.6 is 0 Å². The van der Waals surface area contributed by atoms with Gasteiger partial charge in [-0.2, -0.15) is 10.2 Å². The molecule has 0 saturated carbocycles. The Kier molecular flexibility index (Phi) is 3.28. The zero-order chi connectivity index (χ0) is 16.5. The average molecular weight is 316 g/mol. The van der Waals surface area contributed by atoms with Gasteiger partial charge in [-0.1, -0.05) is 10.4 Å². The SMILES string of the molecule is CCn1nnc2cc(-c3noc(-c4ccc(C#N)cc4)n3)ccc21. The summed E-state index contributed by atoms with van der Waals surface area (Å²) in [5, 5.41) is 21.1. The van der Waals surface area contributed by atoms with Crippen molar-refractivity contribution in [3.05, 3.63) is 48.0 Å². The molecule has 2 aromatic heterocycles. The smallest absolute Gasteiger partial charge is 0.258 e. The lowest BCUT2D eigenvalue weighted by Crippen LogP contribution is -1.95. The highest BCUT2D eigenvalue weighted by Gasteiger charge is 2.12. The minimum Gasteiger partial charge on any atom is -0.334 e. The van der Waals surface area contributed by atoms with E-state index in [1.54, 1.807) is 24.3 Å². The first kappa shape index (κ1) is 14.1. The molecule has 24 heavy (non-hydrogen) atoms. The Hall–Kier alpha value is -3.53. The van der Waals surface area contributed by atoms with Crippen LogP contribution in [0, 0.1) is 11.3 Å². The zero-order valence-electron chi connectivity index (χ0n) is 12.8. The minimum absolute atomic E-state index is 0.409. The van der Waals surface area contributed by atoms with Crippen LogP contribution in [0.1, 0.15) is 12.5 Å². The van der Waals surface area contributed by atoms with Crippen molar-refractivity contribution in [1.82, 2.24) is 25.1 Å². The van der Waals surface area contributed by atoms with Gasteiger partial charge in [0, 0.05) is 17.7 Å². The number of hydrogen-bond acceptors (Lipinski definition) is 6. The molecule has 2 heterocycles. The molecule has 116 valence electrons. The predicted molar refractivity (Wildman–Crippen MR) is 86.6 cm³/mol. The lowest BCUT2D eigenvalue weighted by Gasteiger charge is -1.97. The van der Waals surface area contributed by atoms with Crippen LogP contribution in [0.3, 0.4) is 0 Å². The first-order chi connectivity index (χ1) is 11.8. The Bertz CT molecular complexity index is 1050. The normalized spacial score (nSPS) is 10.8. The van der Waals surface area contributed by atoms with Gasteiger partial charge in [0.25, 0.3) is 5.89 Å². The van der Waals surface area contributed by atoms with Crippen LogP contribution in [0.5, 0.6) is 0 Å². The number of nitrogens with zero attached hydrogens (tertiary/aromatic N) is 6. The van der Waals surface area contributed by atoms with Crippen molar-refractivity contribution in [3.8, 4) is 28.9 Å². The first-order valence-corrected chi connectivity index (χ1v) is 7.46. The molecule has 0 atom stereocenters. The van der Waals surface area contributed by atoms with Crippen LogP contribution in [0.15, 0.2) is 47.0 Å². The van der Waals surface area contributed by atoms with Gasteiger partial charge in [-0.3, -0.25) is 0 Å². The second-order valence-electron chi connectivity index (χ2n) is 5.22. The predicted octanol–water partition coefficient (Wildman–Crippen LogP) is 3.04. The third-order valence-electron chi connectivity index (χ3n) is 3.76. The van der Waals surface area contributed by atoms with Crippen LogP contribution in [0.4, 0.5) is 0 Å². The summed E-state index contributed by atoms with van der Waals surface area (Å²) >= 11 is 0. The summed E-state index contributed by atoms with van der Waals surface area (Å²) < 4.78 is 7.16. The van der Waals surface area contributed by atoms with Crippen LogP contribution in [-0.2, 0) is 6.54 Å². The Balaban J connectivity index is 1.70. The number of benzene rings is 2. The second kappa shape index (κ2) is 5.59. The molecular weight excluding hydrogens is 304 g/mol. The van der Waals surface area contributed by atoms with E-state index >= 15 is 0 Å². The average Bonchev–Trinajstić information content (AvgIpc) is 3.28. The van der Waals surface area contributed by atoms with Crippen molar-refractivity contribution in [2.45, 2.75) is 13.5 Å². The van der Waals surface area contributed by atoms with Gasteiger partial charge in [0.2, 0.25) is 5.82 Å². The van der Waals surface area contributed by atoms with Gasteiger partial charge < -0.3 is 4.52 Å². The molecule has 0 amide bonds. The fourth-order valence-corrected chi connectivity index (χ4v) is 2.49. The van der Waals surface area contributed by atoms with Crippen LogP contribution in [0.25, 0.3) is 33.9 Å². The number of hydrogen-bond donors (Lipinski definition) is 0. The quantitative estimate of drug-likeness (QED) is 0.576. The van der Waals surface area contributed by atoms with Crippen molar-refractivity contribution in [3.63, 3.8) is 0 Å². The molecule has 0 radical (unpaired) electrons. The molecule has 0 bridgehead atoms. The highest BCUT2D eigenvalue weighted by Crippen LogP contribution is 2.24. The van der Waals surface area contributed by atoms with E-state index in [1.807, 2.05) is 29.8 Å². The maximum Gasteiger partial charge on any atom is 0.258 e. The van der Waals surface area contributed by atoms with Gasteiger partial charge in [0.05, 0.1) is 17.1 Å². The minimum atomic E-state index is 0.409. The van der Waals surface area contributed by atoms with Gasteiger partial charge in [0.15, 0.2) is 0 Å². The molecule has 0 aliphatic carbocycles. The maximum atomic E-state index is 8.84. The number of nitriles is 1. The molecule has 4 aromatic rings. The molecule has 4 rings (SSSR count). The fourth-order valence-electron chi connectivity index (χ4n) is 2.49. The van der Waals surface area contributed by atoms with Gasteiger partial charge in [-0.25, -0.2) is 4.68 Å². The molecular formula is C17H12N6O. The maximum absolute atomic E-state index is 8.84. The van der Waals surface area contributed by atoms with Crippen molar-refractivity contribution in [2.75, 3.05) is 0 Å². The summed E-state index contributed by atoms with van der Waals surface area (Å²) in [5.41, 5.74) is 3.93. The van der Waals surface area contributed by atoms with Crippen molar-refractivity contribution >= 4 is 11.0 Å². The molecule has 0 saturated heterocycles. The number of rotatable bonds is 3. The van der Waals surface area contributed by atoms with E-state index in [2.05, 4.69) is 26.5 Å². The highest BCUT2D eigenvalue weighted by atomic mass is 16.5. The first-order valence-electron chi connectivity index (χ1n) is 7.46. The Morgan fingerprint density at radius 3 is 2.67 bits per heavy atom. The van der Waals surface area contributed by atoms with Gasteiger partial charge >= 0.3 is 0 Å². The largest absolute Gasteiger partial charge is 0.334 e. The lowest BCUT2D eigenvalue weighted by atomic mass is 10.1. The third-order valence-corrected chi connectivity index (χ3v) is 3.76. The summed E-state index contributed by atoms with van der Waals surface area (Å²) in [6, 6.07) is 14.8. The lowest BCUT2D eigenvalue weighted by molar-refractivity contribution is 0.432. The molecule has 0 aliphatic rings. The van der Waals surface area contributed by atoms with Gasteiger partial charge in [0.1, 0.15) is 5.52 Å². The van der Waals surface area contributed by atoms with Crippen molar-refractivity contribution in [1.29, 1.82) is 5.26 Å². The Labute approximate surface area is 137 Å². The summed E-state index contributed by atoms with van der Waals surface area (Å²) in [6.07, 6.45) is 0. The van der Waals surface area contributed by atoms with E-state index in [4.69, 9.17) is 9.78 Å². The third kappa shape index (κ3) is 2.30. The summed E-state index contributed by atoms with van der Waals surface area (Å²) in [5.74, 6) is 0.897. The van der Waals surface area contributed by atoms with Gasteiger partial charge in [-0.15, -0.1) is 5.10 Å². The summed E-state index contributed by atoms with van der Waals surface area (Å²) in [7, 11) is 0. The van der Waals surface area contributed by atoms with Gasteiger partial charge in [-0.05, 0) is 49.4 Å². The molecule has 0 unspecified atom stereocenters. The molecule has 7 nitrogen and oxygen atoms in total. The Morgan fingerprint density at radius 2 is 1.92 bits per heavy atom. The van der Waals surface area contributed by atoms with Crippen LogP contribution < -0.4 is 0 Å².